The maximum atomic E-state index is 12.8. The zero-order valence-corrected chi connectivity index (χ0v) is 12.4. The molecule has 0 aliphatic heterocycles. The Labute approximate surface area is 130 Å². The minimum absolute atomic E-state index is 0.0272. The Morgan fingerprint density at radius 2 is 1.90 bits per heavy atom. The third-order valence-corrected chi connectivity index (χ3v) is 3.39. The van der Waals surface area contributed by atoms with Crippen LogP contribution in [0.15, 0.2) is 35.1 Å². The third-order valence-electron chi connectivity index (χ3n) is 2.42. The van der Waals surface area contributed by atoms with E-state index >= 15 is 0 Å². The molecule has 0 spiro atoms. The van der Waals surface area contributed by atoms with Gasteiger partial charge in [0, 0.05) is 22.4 Å². The Morgan fingerprint density at radius 3 is 2.52 bits per heavy atom. The van der Waals surface area contributed by atoms with Crippen molar-refractivity contribution in [2.45, 2.75) is 6.18 Å². The topological polar surface area (TPSA) is 54.9 Å². The Kier molecular flexibility index (Phi) is 4.48. The van der Waals surface area contributed by atoms with Crippen LogP contribution in [0.4, 0.5) is 19.0 Å². The lowest BCUT2D eigenvalue weighted by Crippen LogP contribution is -2.15. The Balaban J connectivity index is 2.31. The minimum atomic E-state index is -4.57. The molecule has 0 saturated carbocycles. The molecule has 0 aliphatic rings. The standard InChI is InChI=1S/C12H6BrClF3N3O/c13-8-2-1-6(5-7(8)12(15,16)17)11(21)20-10-9(14)18-3-4-19-10/h1-5H,(H,19,20,21). The van der Waals surface area contributed by atoms with Crippen molar-refractivity contribution in [2.75, 3.05) is 5.32 Å². The van der Waals surface area contributed by atoms with Crippen molar-refractivity contribution in [2.24, 2.45) is 0 Å². The first-order chi connectivity index (χ1) is 9.79. The minimum Gasteiger partial charge on any atom is -0.304 e. The molecule has 0 aliphatic carbocycles. The van der Waals surface area contributed by atoms with E-state index in [2.05, 4.69) is 31.2 Å². The maximum Gasteiger partial charge on any atom is 0.417 e. The molecule has 0 fully saturated rings. The van der Waals surface area contributed by atoms with Gasteiger partial charge in [-0.1, -0.05) is 27.5 Å². The van der Waals surface area contributed by atoms with Crippen molar-refractivity contribution in [1.82, 2.24) is 9.97 Å². The van der Waals surface area contributed by atoms with Crippen LogP contribution in [0, 0.1) is 0 Å². The van der Waals surface area contributed by atoms with E-state index in [9.17, 15) is 18.0 Å². The van der Waals surface area contributed by atoms with E-state index in [-0.39, 0.29) is 21.0 Å². The Morgan fingerprint density at radius 1 is 1.24 bits per heavy atom. The summed E-state index contributed by atoms with van der Waals surface area (Å²) in [5, 5.41) is 2.24. The number of nitrogens with one attached hydrogen (secondary N) is 1. The molecule has 1 amide bonds. The second-order valence-corrected chi connectivity index (χ2v) is 5.05. The van der Waals surface area contributed by atoms with Crippen LogP contribution < -0.4 is 5.32 Å². The van der Waals surface area contributed by atoms with E-state index in [1.165, 1.54) is 18.5 Å². The van der Waals surface area contributed by atoms with Gasteiger partial charge in [0.05, 0.1) is 5.56 Å². The molecular formula is C12H6BrClF3N3O. The van der Waals surface area contributed by atoms with Crippen LogP contribution in [0.5, 0.6) is 0 Å². The van der Waals surface area contributed by atoms with E-state index in [0.717, 1.165) is 12.1 Å². The van der Waals surface area contributed by atoms with Crippen LogP contribution in [0.25, 0.3) is 0 Å². The summed E-state index contributed by atoms with van der Waals surface area (Å²) in [6.07, 6.45) is -1.96. The number of benzene rings is 1. The molecule has 1 N–H and O–H groups in total. The highest BCUT2D eigenvalue weighted by molar-refractivity contribution is 9.10. The van der Waals surface area contributed by atoms with Crippen molar-refractivity contribution in [3.8, 4) is 0 Å². The number of halogens is 5. The summed E-state index contributed by atoms with van der Waals surface area (Å²) in [6.45, 7) is 0. The number of rotatable bonds is 2. The van der Waals surface area contributed by atoms with Gasteiger partial charge in [-0.25, -0.2) is 9.97 Å². The zero-order valence-electron chi connectivity index (χ0n) is 10.1. The molecule has 1 aromatic carbocycles. The Hall–Kier alpha value is -1.67. The van der Waals surface area contributed by atoms with Gasteiger partial charge in [-0.2, -0.15) is 13.2 Å². The van der Waals surface area contributed by atoms with Crippen molar-refractivity contribution < 1.29 is 18.0 Å². The number of aromatic nitrogens is 2. The van der Waals surface area contributed by atoms with Crippen LogP contribution in [0.2, 0.25) is 5.15 Å². The summed E-state index contributed by atoms with van der Waals surface area (Å²) >= 11 is 8.51. The van der Waals surface area contributed by atoms with Gasteiger partial charge < -0.3 is 5.32 Å². The molecule has 1 aromatic heterocycles. The summed E-state index contributed by atoms with van der Waals surface area (Å²) in [5.74, 6) is -0.795. The van der Waals surface area contributed by atoms with Crippen LogP contribution in [-0.4, -0.2) is 15.9 Å². The first kappa shape index (κ1) is 15.7. The average molecular weight is 381 g/mol. The molecular weight excluding hydrogens is 375 g/mol. The van der Waals surface area contributed by atoms with Crippen molar-refractivity contribution in [3.05, 3.63) is 51.3 Å². The largest absolute Gasteiger partial charge is 0.417 e. The highest BCUT2D eigenvalue weighted by atomic mass is 79.9. The zero-order chi connectivity index (χ0) is 15.6. The molecule has 0 bridgehead atoms. The molecule has 0 unspecified atom stereocenters. The van der Waals surface area contributed by atoms with Gasteiger partial charge in [-0.3, -0.25) is 4.79 Å². The molecule has 1 heterocycles. The first-order valence-electron chi connectivity index (χ1n) is 5.43. The fourth-order valence-corrected chi connectivity index (χ4v) is 2.09. The molecule has 110 valence electrons. The number of alkyl halides is 3. The molecule has 0 saturated heterocycles. The normalized spacial score (nSPS) is 11.3. The van der Waals surface area contributed by atoms with E-state index in [4.69, 9.17) is 11.6 Å². The second kappa shape index (κ2) is 5.98. The molecule has 0 radical (unpaired) electrons. The van der Waals surface area contributed by atoms with E-state index < -0.39 is 17.6 Å². The van der Waals surface area contributed by atoms with Gasteiger partial charge in [0.2, 0.25) is 0 Å². The lowest BCUT2D eigenvalue weighted by atomic mass is 10.1. The van der Waals surface area contributed by atoms with Crippen LogP contribution in [0.3, 0.4) is 0 Å². The van der Waals surface area contributed by atoms with Gasteiger partial charge in [-0.05, 0) is 18.2 Å². The van der Waals surface area contributed by atoms with Crippen LogP contribution in [0.1, 0.15) is 15.9 Å². The van der Waals surface area contributed by atoms with E-state index in [1.54, 1.807) is 0 Å². The van der Waals surface area contributed by atoms with Gasteiger partial charge in [-0.15, -0.1) is 0 Å². The lowest BCUT2D eigenvalue weighted by molar-refractivity contribution is -0.138. The van der Waals surface area contributed by atoms with Gasteiger partial charge in [0.25, 0.3) is 5.91 Å². The number of anilines is 1. The third kappa shape index (κ3) is 3.70. The number of nitrogens with zero attached hydrogens (tertiary/aromatic N) is 2. The smallest absolute Gasteiger partial charge is 0.304 e. The monoisotopic (exact) mass is 379 g/mol. The molecule has 9 heteroatoms. The quantitative estimate of drug-likeness (QED) is 0.851. The van der Waals surface area contributed by atoms with Crippen LogP contribution >= 0.6 is 27.5 Å². The average Bonchev–Trinajstić information content (AvgIpc) is 2.40. The summed E-state index contributed by atoms with van der Waals surface area (Å²) in [5.41, 5.74) is -1.12. The van der Waals surface area contributed by atoms with Gasteiger partial charge in [0.15, 0.2) is 11.0 Å². The Bertz CT molecular complexity index is 694. The van der Waals surface area contributed by atoms with Crippen LogP contribution in [-0.2, 0) is 6.18 Å². The molecule has 2 aromatic rings. The molecule has 2 rings (SSSR count). The summed E-state index contributed by atoms with van der Waals surface area (Å²) < 4.78 is 38.2. The lowest BCUT2D eigenvalue weighted by Gasteiger charge is -2.11. The SMILES string of the molecule is O=C(Nc1nccnc1Cl)c1ccc(Br)c(C(F)(F)F)c1. The fraction of sp³-hybridized carbons (Fsp3) is 0.0833. The fourth-order valence-electron chi connectivity index (χ4n) is 1.47. The van der Waals surface area contributed by atoms with Crippen molar-refractivity contribution >= 4 is 39.3 Å². The van der Waals surface area contributed by atoms with E-state index in [0.29, 0.717) is 0 Å². The van der Waals surface area contributed by atoms with Gasteiger partial charge in [0.1, 0.15) is 0 Å². The highest BCUT2D eigenvalue weighted by Crippen LogP contribution is 2.35. The first-order valence-corrected chi connectivity index (χ1v) is 6.60. The van der Waals surface area contributed by atoms with E-state index in [1.807, 2.05) is 0 Å². The molecule has 0 atom stereocenters. The molecule has 21 heavy (non-hydrogen) atoms. The predicted octanol–water partition coefficient (Wildman–Crippen LogP) is 4.16. The predicted molar refractivity (Wildman–Crippen MR) is 74.1 cm³/mol. The second-order valence-electron chi connectivity index (χ2n) is 3.84. The number of carbonyl (C=O) groups is 1. The highest BCUT2D eigenvalue weighted by Gasteiger charge is 2.33. The van der Waals surface area contributed by atoms with Crippen molar-refractivity contribution in [1.29, 1.82) is 0 Å². The summed E-state index contributed by atoms with van der Waals surface area (Å²) in [6, 6.07) is 3.14. The summed E-state index contributed by atoms with van der Waals surface area (Å²) in [7, 11) is 0. The summed E-state index contributed by atoms with van der Waals surface area (Å²) in [4.78, 5) is 19.4. The number of carbonyl (C=O) groups excluding carboxylic acids is 1. The molecule has 4 nitrogen and oxygen atoms in total. The number of hydrogen-bond acceptors (Lipinski definition) is 3. The van der Waals surface area contributed by atoms with Crippen molar-refractivity contribution in [3.63, 3.8) is 0 Å². The number of hydrogen-bond donors (Lipinski definition) is 1. The maximum absolute atomic E-state index is 12.8. The number of amides is 1. The van der Waals surface area contributed by atoms with Gasteiger partial charge >= 0.3 is 6.18 Å².